The fourth-order valence-corrected chi connectivity index (χ4v) is 1.18. The number of aliphatic hydroxyl groups excluding tert-OH is 2. The van der Waals surface area contributed by atoms with Gasteiger partial charge in [-0.1, -0.05) is 0 Å². The van der Waals surface area contributed by atoms with Gasteiger partial charge >= 0.3 is 151 Å². The van der Waals surface area contributed by atoms with Gasteiger partial charge in [-0.05, 0) is 0 Å². The normalized spacial score (nSPS) is 12.7. The zero-order valence-corrected chi connectivity index (χ0v) is 9.66. The number of carbonyl (C=O) groups excluding carboxylic acids is 2. The van der Waals surface area contributed by atoms with Crippen molar-refractivity contribution >= 4 is 151 Å². The Morgan fingerprint density at radius 1 is 0.682 bits per heavy atom. The van der Waals surface area contributed by atoms with E-state index in [2.05, 4.69) is 8.37 Å². The predicted octanol–water partition coefficient (Wildman–Crippen LogP) is -6.19. The quantitative estimate of drug-likeness (QED) is 0.249. The van der Waals surface area contributed by atoms with E-state index in [9.17, 15) is 26.4 Å². The van der Waals surface area contributed by atoms with Crippen LogP contribution in [0.1, 0.15) is 0 Å². The molecule has 0 bridgehead atoms. The Labute approximate surface area is 213 Å². The molecule has 114 valence electrons. The maximum atomic E-state index is 10.7. The molecule has 0 rings (SSSR count). The van der Waals surface area contributed by atoms with Gasteiger partial charge in [-0.25, -0.2) is 9.59 Å². The van der Waals surface area contributed by atoms with Crippen LogP contribution in [0, 0.1) is 0 Å². The molecule has 0 aromatic rings. The molecule has 0 aliphatic carbocycles. The Bertz CT molecular complexity index is 491. The summed E-state index contributed by atoms with van der Waals surface area (Å²) in [6, 6.07) is 0. The zero-order valence-electron chi connectivity index (χ0n) is 8.03. The summed E-state index contributed by atoms with van der Waals surface area (Å²) in [7, 11) is -10.6. The number of hydrogen-bond donors (Lipinski definition) is 4. The van der Waals surface area contributed by atoms with Gasteiger partial charge in [-0.15, -0.1) is 0 Å². The van der Waals surface area contributed by atoms with Gasteiger partial charge in [0.25, 0.3) is 0 Å². The molecular formula is C4H10Na4O12S2. The van der Waals surface area contributed by atoms with Crippen LogP contribution in [0.15, 0.2) is 0 Å². The van der Waals surface area contributed by atoms with E-state index in [1.54, 1.807) is 0 Å². The van der Waals surface area contributed by atoms with Crippen LogP contribution in [0.4, 0.5) is 0 Å². The molecule has 2 atom stereocenters. The van der Waals surface area contributed by atoms with Crippen LogP contribution in [0.5, 0.6) is 0 Å². The molecule has 2 unspecified atom stereocenters. The molecule has 0 saturated carbocycles. The van der Waals surface area contributed by atoms with E-state index in [1.807, 2.05) is 0 Å². The van der Waals surface area contributed by atoms with Crippen molar-refractivity contribution in [3.63, 3.8) is 0 Å². The van der Waals surface area contributed by atoms with E-state index in [-0.39, 0.29) is 118 Å². The fourth-order valence-electron chi connectivity index (χ4n) is 0.564. The van der Waals surface area contributed by atoms with Gasteiger partial charge in [-0.3, -0.25) is 9.11 Å². The molecule has 0 amide bonds. The summed E-state index contributed by atoms with van der Waals surface area (Å²) < 4.78 is 62.5. The van der Waals surface area contributed by atoms with Gasteiger partial charge in [0.1, 0.15) is 0 Å². The van der Waals surface area contributed by atoms with Crippen LogP contribution in [-0.2, 0) is 38.8 Å². The van der Waals surface area contributed by atoms with E-state index in [4.69, 9.17) is 19.3 Å². The van der Waals surface area contributed by atoms with E-state index >= 15 is 0 Å². The van der Waals surface area contributed by atoms with Crippen LogP contribution >= 0.6 is 0 Å². The molecule has 0 aromatic carbocycles. The number of hydrogen-bond acceptors (Lipinski definition) is 10. The van der Waals surface area contributed by atoms with Crippen molar-refractivity contribution in [3.05, 3.63) is 0 Å². The maximum absolute atomic E-state index is 10.7. The van der Waals surface area contributed by atoms with Crippen LogP contribution < -0.4 is 0 Å². The van der Waals surface area contributed by atoms with Crippen LogP contribution in [0.2, 0.25) is 0 Å². The molecule has 0 aliphatic heterocycles. The Morgan fingerprint density at radius 2 is 0.864 bits per heavy atom. The number of aliphatic hydroxyl groups is 2. The molecular weight excluding hydrogens is 396 g/mol. The second-order valence-electron chi connectivity index (χ2n) is 2.55. The average Bonchev–Trinajstić information content (AvgIpc) is 2.09. The molecule has 0 saturated heterocycles. The average molecular weight is 406 g/mol. The van der Waals surface area contributed by atoms with Crippen molar-refractivity contribution < 1.29 is 54.1 Å². The molecule has 0 aliphatic rings. The molecule has 4 N–H and O–H groups in total. The first kappa shape index (κ1) is 35.7. The standard InChI is InChI=1S/C4H6O12S2.4Na.4H/c5-1(3(7)15-17(9,10)11)2(6)4(8)16-18(12,13)14;;;;;;;;/h1-2,5-6H,(H,9,10,11)(H,12,13,14);;;;;;;;. The second kappa shape index (κ2) is 14.8. The van der Waals surface area contributed by atoms with Gasteiger partial charge in [0, 0.05) is 0 Å². The summed E-state index contributed by atoms with van der Waals surface area (Å²) in [5.41, 5.74) is 0. The Hall–Kier alpha value is 2.68. The Morgan fingerprint density at radius 3 is 1.00 bits per heavy atom. The van der Waals surface area contributed by atoms with Crippen molar-refractivity contribution in [1.82, 2.24) is 0 Å². The molecule has 22 heavy (non-hydrogen) atoms. The first-order valence-corrected chi connectivity index (χ1v) is 6.34. The van der Waals surface area contributed by atoms with Crippen molar-refractivity contribution in [2.24, 2.45) is 0 Å². The van der Waals surface area contributed by atoms with E-state index in [0.717, 1.165) is 0 Å². The predicted molar refractivity (Wildman–Crippen MR) is 75.9 cm³/mol. The molecule has 0 aromatic heterocycles. The van der Waals surface area contributed by atoms with E-state index in [0.29, 0.717) is 0 Å². The van der Waals surface area contributed by atoms with Crippen molar-refractivity contribution in [2.75, 3.05) is 0 Å². The van der Waals surface area contributed by atoms with Gasteiger partial charge in [-0.2, -0.15) is 16.8 Å². The molecule has 18 heteroatoms. The van der Waals surface area contributed by atoms with Crippen LogP contribution in [0.3, 0.4) is 0 Å². The first-order chi connectivity index (χ1) is 7.83. The summed E-state index contributed by atoms with van der Waals surface area (Å²) in [5.74, 6) is -4.37. The monoisotopic (exact) mass is 406 g/mol. The zero-order chi connectivity index (χ0) is 14.7. The minimum absolute atomic E-state index is 0. The number of carbonyl (C=O) groups is 2. The Kier molecular flexibility index (Phi) is 24.1. The summed E-state index contributed by atoms with van der Waals surface area (Å²) in [6.45, 7) is 0. The van der Waals surface area contributed by atoms with E-state index in [1.165, 1.54) is 0 Å². The van der Waals surface area contributed by atoms with Crippen LogP contribution in [-0.4, -0.2) is 179 Å². The minimum atomic E-state index is -5.30. The SMILES string of the molecule is O=C(OS(=O)(=O)O)C(O)C(O)C(=O)OS(=O)(=O)O.[NaH].[NaH].[NaH].[NaH]. The summed E-state index contributed by atoms with van der Waals surface area (Å²) in [6.07, 6.45) is -5.75. The molecule has 12 nitrogen and oxygen atoms in total. The van der Waals surface area contributed by atoms with Crippen molar-refractivity contribution in [2.45, 2.75) is 12.2 Å². The third kappa shape index (κ3) is 17.5. The van der Waals surface area contributed by atoms with Gasteiger partial charge < -0.3 is 18.6 Å². The van der Waals surface area contributed by atoms with Gasteiger partial charge in [0.15, 0.2) is 12.2 Å². The summed E-state index contributed by atoms with van der Waals surface area (Å²) in [5, 5.41) is 17.7. The van der Waals surface area contributed by atoms with Gasteiger partial charge in [0.2, 0.25) is 0 Å². The Balaban J connectivity index is -0.000000241. The number of rotatable bonds is 5. The van der Waals surface area contributed by atoms with Crippen molar-refractivity contribution in [3.8, 4) is 0 Å². The first-order valence-electron chi connectivity index (χ1n) is 3.61. The van der Waals surface area contributed by atoms with Crippen LogP contribution in [0.25, 0.3) is 0 Å². The topological polar surface area (TPSA) is 202 Å². The molecule has 0 spiro atoms. The molecule has 0 fully saturated rings. The third-order valence-corrected chi connectivity index (χ3v) is 1.91. The third-order valence-electron chi connectivity index (χ3n) is 1.16. The fraction of sp³-hybridized carbons (Fsp3) is 0.500. The van der Waals surface area contributed by atoms with Crippen molar-refractivity contribution in [1.29, 1.82) is 0 Å². The van der Waals surface area contributed by atoms with E-state index < -0.39 is 44.9 Å². The summed E-state index contributed by atoms with van der Waals surface area (Å²) >= 11 is 0. The molecule has 0 radical (unpaired) electrons. The van der Waals surface area contributed by atoms with Gasteiger partial charge in [0.05, 0.1) is 0 Å². The molecule has 0 heterocycles. The summed E-state index contributed by atoms with van der Waals surface area (Å²) in [4.78, 5) is 21.4. The second-order valence-corrected chi connectivity index (χ2v) is 4.59.